The minimum absolute atomic E-state index is 0.0367. The Kier molecular flexibility index (Phi) is 3.97. The number of carboxylic acid groups (broad SMARTS) is 1. The van der Waals surface area contributed by atoms with Gasteiger partial charge >= 0.3 is 5.97 Å². The molecule has 21 heavy (non-hydrogen) atoms. The van der Waals surface area contributed by atoms with E-state index in [2.05, 4.69) is 4.98 Å². The van der Waals surface area contributed by atoms with Crippen LogP contribution in [0.25, 0.3) is 0 Å². The largest absolute Gasteiger partial charge is 0.481 e. The molecule has 6 nitrogen and oxygen atoms in total. The van der Waals surface area contributed by atoms with Gasteiger partial charge in [0.25, 0.3) is 0 Å². The van der Waals surface area contributed by atoms with Gasteiger partial charge in [-0.3, -0.25) is 4.79 Å². The lowest BCUT2D eigenvalue weighted by Gasteiger charge is -2.29. The Bertz CT molecular complexity index is 657. The second-order valence-electron chi connectivity index (χ2n) is 5.88. The van der Waals surface area contributed by atoms with Crippen LogP contribution in [0.15, 0.2) is 23.2 Å². The van der Waals surface area contributed by atoms with Crippen molar-refractivity contribution in [3.63, 3.8) is 0 Å². The summed E-state index contributed by atoms with van der Waals surface area (Å²) in [6, 6.07) is 3.08. The molecule has 0 aliphatic carbocycles. The van der Waals surface area contributed by atoms with Gasteiger partial charge in [-0.2, -0.15) is 0 Å². The summed E-state index contributed by atoms with van der Waals surface area (Å²) in [6.45, 7) is 4.53. The van der Waals surface area contributed by atoms with Gasteiger partial charge in [0.15, 0.2) is 9.84 Å². The maximum atomic E-state index is 11.9. The fraction of sp³-hybridized carbons (Fsp3) is 0.571. The summed E-state index contributed by atoms with van der Waals surface area (Å²) < 4.78 is 23.7. The summed E-state index contributed by atoms with van der Waals surface area (Å²) in [5.74, 6) is -0.522. The van der Waals surface area contributed by atoms with Crippen molar-refractivity contribution in [3.8, 4) is 0 Å². The molecule has 1 aliphatic heterocycles. The summed E-state index contributed by atoms with van der Waals surface area (Å²) in [7, 11) is -3.40. The molecule has 1 aliphatic rings. The van der Waals surface area contributed by atoms with Crippen molar-refractivity contribution in [1.82, 2.24) is 4.98 Å². The highest BCUT2D eigenvalue weighted by Gasteiger charge is 2.48. The zero-order valence-corrected chi connectivity index (χ0v) is 13.2. The molecule has 0 radical (unpaired) electrons. The zero-order chi connectivity index (χ0) is 15.8. The van der Waals surface area contributed by atoms with Gasteiger partial charge in [-0.05, 0) is 24.5 Å². The third-order valence-electron chi connectivity index (χ3n) is 4.28. The SMILES string of the molecule is CC(C)C1(C(=O)O)CCN(c2ncccc2S(C)(=O)=O)C1. The number of hydrogen-bond acceptors (Lipinski definition) is 5. The molecular formula is C14H20N2O4S. The van der Waals surface area contributed by atoms with E-state index >= 15 is 0 Å². The van der Waals surface area contributed by atoms with Gasteiger partial charge in [0.1, 0.15) is 10.7 Å². The number of carbonyl (C=O) groups is 1. The van der Waals surface area contributed by atoms with Gasteiger partial charge in [-0.15, -0.1) is 0 Å². The molecule has 0 spiro atoms. The molecule has 7 heteroatoms. The Balaban J connectivity index is 2.41. The van der Waals surface area contributed by atoms with Crippen LogP contribution in [0, 0.1) is 11.3 Å². The Labute approximate surface area is 124 Å². The molecule has 0 bridgehead atoms. The first-order valence-electron chi connectivity index (χ1n) is 6.82. The first-order chi connectivity index (χ1) is 9.68. The highest BCUT2D eigenvalue weighted by molar-refractivity contribution is 7.90. The predicted octanol–water partition coefficient (Wildman–Crippen LogP) is 1.42. The minimum atomic E-state index is -3.40. The molecule has 116 valence electrons. The van der Waals surface area contributed by atoms with Crippen molar-refractivity contribution in [2.24, 2.45) is 11.3 Å². The predicted molar refractivity (Wildman–Crippen MR) is 79.1 cm³/mol. The van der Waals surface area contributed by atoms with Crippen molar-refractivity contribution in [3.05, 3.63) is 18.3 Å². The number of sulfone groups is 1. The highest BCUT2D eigenvalue weighted by Crippen LogP contribution is 2.40. The molecule has 0 aromatic carbocycles. The fourth-order valence-electron chi connectivity index (χ4n) is 2.82. The number of carboxylic acids is 1. The normalized spacial score (nSPS) is 22.8. The van der Waals surface area contributed by atoms with Crippen molar-refractivity contribution in [2.45, 2.75) is 25.2 Å². The van der Waals surface area contributed by atoms with E-state index in [1.807, 2.05) is 13.8 Å². The van der Waals surface area contributed by atoms with Crippen LogP contribution >= 0.6 is 0 Å². The maximum Gasteiger partial charge on any atom is 0.311 e. The topological polar surface area (TPSA) is 87.6 Å². The third kappa shape index (κ3) is 2.74. The van der Waals surface area contributed by atoms with E-state index in [-0.39, 0.29) is 17.4 Å². The molecule has 1 aromatic heterocycles. The van der Waals surface area contributed by atoms with E-state index < -0.39 is 21.2 Å². The highest BCUT2D eigenvalue weighted by atomic mass is 32.2. The lowest BCUT2D eigenvalue weighted by Crippen LogP contribution is -2.39. The van der Waals surface area contributed by atoms with E-state index in [4.69, 9.17) is 0 Å². The van der Waals surface area contributed by atoms with Crippen LogP contribution in [0.3, 0.4) is 0 Å². The number of aliphatic carboxylic acids is 1. The third-order valence-corrected chi connectivity index (χ3v) is 5.40. The first-order valence-corrected chi connectivity index (χ1v) is 8.71. The van der Waals surface area contributed by atoms with E-state index in [0.29, 0.717) is 18.8 Å². The average Bonchev–Trinajstić information content (AvgIpc) is 2.84. The summed E-state index contributed by atoms with van der Waals surface area (Å²) in [5.41, 5.74) is -0.855. The van der Waals surface area contributed by atoms with Crippen molar-refractivity contribution >= 4 is 21.6 Å². The van der Waals surface area contributed by atoms with Gasteiger partial charge < -0.3 is 10.0 Å². The minimum Gasteiger partial charge on any atom is -0.481 e. The van der Waals surface area contributed by atoms with Crippen LogP contribution in [0.1, 0.15) is 20.3 Å². The molecule has 0 amide bonds. The number of anilines is 1. The molecule has 1 N–H and O–H groups in total. The number of aromatic nitrogens is 1. The fourth-order valence-corrected chi connectivity index (χ4v) is 3.66. The van der Waals surface area contributed by atoms with Crippen molar-refractivity contribution < 1.29 is 18.3 Å². The summed E-state index contributed by atoms with van der Waals surface area (Å²) in [4.78, 5) is 17.7. The second-order valence-corrected chi connectivity index (χ2v) is 7.87. The Morgan fingerprint density at radius 2 is 2.14 bits per heavy atom. The van der Waals surface area contributed by atoms with E-state index in [1.54, 1.807) is 11.0 Å². The number of pyridine rings is 1. The number of nitrogens with zero attached hydrogens (tertiary/aromatic N) is 2. The molecule has 1 aromatic rings. The molecular weight excluding hydrogens is 292 g/mol. The smallest absolute Gasteiger partial charge is 0.311 e. The van der Waals surface area contributed by atoms with E-state index in [9.17, 15) is 18.3 Å². The molecule has 1 fully saturated rings. The van der Waals surface area contributed by atoms with Gasteiger partial charge in [0, 0.05) is 25.5 Å². The quantitative estimate of drug-likeness (QED) is 0.904. The Hall–Kier alpha value is -1.63. The molecule has 2 heterocycles. The monoisotopic (exact) mass is 312 g/mol. The van der Waals surface area contributed by atoms with Gasteiger partial charge in [-0.25, -0.2) is 13.4 Å². The Morgan fingerprint density at radius 3 is 2.62 bits per heavy atom. The summed E-state index contributed by atoms with van der Waals surface area (Å²) in [6.07, 6.45) is 3.15. The van der Waals surface area contributed by atoms with Crippen molar-refractivity contribution in [2.75, 3.05) is 24.2 Å². The summed E-state index contributed by atoms with van der Waals surface area (Å²) >= 11 is 0. The first kappa shape index (κ1) is 15.8. The zero-order valence-electron chi connectivity index (χ0n) is 12.4. The summed E-state index contributed by atoms with van der Waals surface area (Å²) in [5, 5.41) is 9.56. The maximum absolute atomic E-state index is 11.9. The van der Waals surface area contributed by atoms with E-state index in [0.717, 1.165) is 6.26 Å². The van der Waals surface area contributed by atoms with Gasteiger partial charge in [0.05, 0.1) is 5.41 Å². The molecule has 2 rings (SSSR count). The van der Waals surface area contributed by atoms with Crippen LogP contribution in [-0.2, 0) is 14.6 Å². The lowest BCUT2D eigenvalue weighted by molar-refractivity contribution is -0.150. The van der Waals surface area contributed by atoms with Crippen LogP contribution in [0.4, 0.5) is 5.82 Å². The second kappa shape index (κ2) is 5.29. The number of rotatable bonds is 4. The molecule has 0 saturated carbocycles. The number of hydrogen-bond donors (Lipinski definition) is 1. The Morgan fingerprint density at radius 1 is 1.48 bits per heavy atom. The van der Waals surface area contributed by atoms with Crippen LogP contribution < -0.4 is 4.90 Å². The van der Waals surface area contributed by atoms with E-state index in [1.165, 1.54) is 12.3 Å². The van der Waals surface area contributed by atoms with Gasteiger partial charge in [0.2, 0.25) is 0 Å². The van der Waals surface area contributed by atoms with Crippen LogP contribution in [0.5, 0.6) is 0 Å². The van der Waals surface area contributed by atoms with Gasteiger partial charge in [-0.1, -0.05) is 13.8 Å². The van der Waals surface area contributed by atoms with Crippen molar-refractivity contribution in [1.29, 1.82) is 0 Å². The molecule has 1 unspecified atom stereocenters. The van der Waals surface area contributed by atoms with Crippen LogP contribution in [-0.4, -0.2) is 43.8 Å². The lowest BCUT2D eigenvalue weighted by atomic mass is 9.76. The molecule has 1 atom stereocenters. The van der Waals surface area contributed by atoms with Crippen LogP contribution in [0.2, 0.25) is 0 Å². The average molecular weight is 312 g/mol. The standard InChI is InChI=1S/C14H20N2O4S/c1-10(2)14(13(17)18)6-8-16(9-14)12-11(21(3,19)20)5-4-7-15-12/h4-5,7,10H,6,8-9H2,1-3H3,(H,17,18). The molecule has 1 saturated heterocycles.